The maximum absolute atomic E-state index is 13.4. The molecule has 0 bridgehead atoms. The number of alkyl halides is 2. The van der Waals surface area contributed by atoms with Gasteiger partial charge in [0.15, 0.2) is 11.6 Å². The molecule has 2 rings (SSSR count). The van der Waals surface area contributed by atoms with E-state index in [0.717, 1.165) is 0 Å². The average molecular weight is 230 g/mol. The van der Waals surface area contributed by atoms with Gasteiger partial charge in [0.25, 0.3) is 0 Å². The maximum Gasteiger partial charge on any atom is 0.248 e. The second-order valence-electron chi connectivity index (χ2n) is 4.19. The SMILES string of the molecule is COc1ccc(C2CCC(F)(F)C2)cc1F. The minimum Gasteiger partial charge on any atom is -0.494 e. The Balaban J connectivity index is 2.20. The first-order valence-corrected chi connectivity index (χ1v) is 5.23. The summed E-state index contributed by atoms with van der Waals surface area (Å²) < 4.78 is 44.2. The molecule has 0 aromatic heterocycles. The number of ether oxygens (including phenoxy) is 1. The number of halogens is 3. The molecule has 0 aliphatic heterocycles. The highest BCUT2D eigenvalue weighted by Gasteiger charge is 2.40. The van der Waals surface area contributed by atoms with Crippen molar-refractivity contribution in [2.45, 2.75) is 31.1 Å². The van der Waals surface area contributed by atoms with Gasteiger partial charge in [0.05, 0.1) is 7.11 Å². The van der Waals surface area contributed by atoms with Crippen LogP contribution in [0, 0.1) is 5.82 Å². The van der Waals surface area contributed by atoms with Gasteiger partial charge in [0, 0.05) is 12.8 Å². The fourth-order valence-corrected chi connectivity index (χ4v) is 2.17. The molecule has 0 saturated heterocycles. The van der Waals surface area contributed by atoms with Gasteiger partial charge in [-0.05, 0) is 30.0 Å². The van der Waals surface area contributed by atoms with Crippen molar-refractivity contribution in [2.75, 3.05) is 7.11 Å². The molecule has 1 fully saturated rings. The van der Waals surface area contributed by atoms with E-state index in [9.17, 15) is 13.2 Å². The second kappa shape index (κ2) is 4.00. The van der Waals surface area contributed by atoms with Crippen molar-refractivity contribution in [3.05, 3.63) is 29.6 Å². The van der Waals surface area contributed by atoms with Crippen LogP contribution in [0.1, 0.15) is 30.7 Å². The quantitative estimate of drug-likeness (QED) is 0.752. The molecule has 0 heterocycles. The van der Waals surface area contributed by atoms with E-state index >= 15 is 0 Å². The smallest absolute Gasteiger partial charge is 0.248 e. The van der Waals surface area contributed by atoms with Gasteiger partial charge in [0.1, 0.15) is 0 Å². The van der Waals surface area contributed by atoms with Gasteiger partial charge in [-0.15, -0.1) is 0 Å². The van der Waals surface area contributed by atoms with Gasteiger partial charge >= 0.3 is 0 Å². The van der Waals surface area contributed by atoms with Crippen LogP contribution < -0.4 is 4.74 Å². The molecule has 0 N–H and O–H groups in total. The van der Waals surface area contributed by atoms with Gasteiger partial charge in [-0.2, -0.15) is 0 Å². The Labute approximate surface area is 92.2 Å². The average Bonchev–Trinajstić information content (AvgIpc) is 2.59. The first kappa shape index (κ1) is 11.3. The van der Waals surface area contributed by atoms with E-state index in [0.29, 0.717) is 12.0 Å². The molecule has 1 aliphatic rings. The van der Waals surface area contributed by atoms with Crippen LogP contribution in [0.15, 0.2) is 18.2 Å². The first-order chi connectivity index (χ1) is 7.52. The van der Waals surface area contributed by atoms with Crippen LogP contribution in [0.5, 0.6) is 5.75 Å². The molecule has 88 valence electrons. The van der Waals surface area contributed by atoms with Gasteiger partial charge in [-0.25, -0.2) is 13.2 Å². The molecule has 1 aromatic carbocycles. The lowest BCUT2D eigenvalue weighted by atomic mass is 9.97. The van der Waals surface area contributed by atoms with Gasteiger partial charge < -0.3 is 4.74 Å². The Bertz CT molecular complexity index is 390. The number of methoxy groups -OCH3 is 1. The van der Waals surface area contributed by atoms with E-state index in [2.05, 4.69) is 0 Å². The van der Waals surface area contributed by atoms with Crippen molar-refractivity contribution in [1.82, 2.24) is 0 Å². The molecule has 4 heteroatoms. The van der Waals surface area contributed by atoms with Crippen LogP contribution in [-0.4, -0.2) is 13.0 Å². The second-order valence-corrected chi connectivity index (χ2v) is 4.19. The summed E-state index contributed by atoms with van der Waals surface area (Å²) in [6.07, 6.45) is 0.128. The number of hydrogen-bond donors (Lipinski definition) is 0. The molecule has 1 unspecified atom stereocenters. The molecule has 1 saturated carbocycles. The lowest BCUT2D eigenvalue weighted by Crippen LogP contribution is -2.09. The summed E-state index contributed by atoms with van der Waals surface area (Å²) in [5, 5.41) is 0. The number of hydrogen-bond acceptors (Lipinski definition) is 1. The van der Waals surface area contributed by atoms with Crippen LogP contribution in [0.4, 0.5) is 13.2 Å². The van der Waals surface area contributed by atoms with E-state index in [1.165, 1.54) is 19.2 Å². The van der Waals surface area contributed by atoms with E-state index in [-0.39, 0.29) is 24.5 Å². The van der Waals surface area contributed by atoms with Gasteiger partial charge in [0.2, 0.25) is 5.92 Å². The van der Waals surface area contributed by atoms with Crippen LogP contribution >= 0.6 is 0 Å². The fourth-order valence-electron chi connectivity index (χ4n) is 2.17. The van der Waals surface area contributed by atoms with Crippen LogP contribution in [0.3, 0.4) is 0 Å². The molecule has 0 amide bonds. The van der Waals surface area contributed by atoms with Gasteiger partial charge in [-0.1, -0.05) is 6.07 Å². The van der Waals surface area contributed by atoms with E-state index in [1.807, 2.05) is 0 Å². The van der Waals surface area contributed by atoms with Crippen molar-refractivity contribution < 1.29 is 17.9 Å². The Morgan fingerprint density at radius 1 is 1.38 bits per heavy atom. The van der Waals surface area contributed by atoms with Crippen molar-refractivity contribution in [2.24, 2.45) is 0 Å². The molecule has 0 spiro atoms. The van der Waals surface area contributed by atoms with Crippen molar-refractivity contribution >= 4 is 0 Å². The molecule has 1 nitrogen and oxygen atoms in total. The first-order valence-electron chi connectivity index (χ1n) is 5.23. The van der Waals surface area contributed by atoms with E-state index in [4.69, 9.17) is 4.74 Å². The molecule has 16 heavy (non-hydrogen) atoms. The summed E-state index contributed by atoms with van der Waals surface area (Å²) in [6.45, 7) is 0. The Kier molecular flexibility index (Phi) is 2.82. The maximum atomic E-state index is 13.4. The third kappa shape index (κ3) is 2.15. The van der Waals surface area contributed by atoms with Crippen LogP contribution in [-0.2, 0) is 0 Å². The molecular formula is C12H13F3O. The summed E-state index contributed by atoms with van der Waals surface area (Å²) in [5.41, 5.74) is 0.635. The normalized spacial score (nSPS) is 23.4. The lowest BCUT2D eigenvalue weighted by molar-refractivity contribution is 0.00776. The van der Waals surface area contributed by atoms with Crippen molar-refractivity contribution in [1.29, 1.82) is 0 Å². The van der Waals surface area contributed by atoms with Crippen LogP contribution in [0.2, 0.25) is 0 Å². The largest absolute Gasteiger partial charge is 0.494 e. The highest BCUT2D eigenvalue weighted by Crippen LogP contribution is 2.44. The topological polar surface area (TPSA) is 9.23 Å². The molecule has 0 radical (unpaired) electrons. The third-order valence-corrected chi connectivity index (χ3v) is 3.05. The predicted molar refractivity (Wildman–Crippen MR) is 54.5 cm³/mol. The van der Waals surface area contributed by atoms with E-state index in [1.54, 1.807) is 6.07 Å². The Morgan fingerprint density at radius 2 is 2.12 bits per heavy atom. The van der Waals surface area contributed by atoms with Crippen molar-refractivity contribution in [3.63, 3.8) is 0 Å². The predicted octanol–water partition coefficient (Wildman–Crippen LogP) is 3.74. The summed E-state index contributed by atoms with van der Waals surface area (Å²) in [7, 11) is 1.38. The molecule has 1 aliphatic carbocycles. The van der Waals surface area contributed by atoms with Crippen molar-refractivity contribution in [3.8, 4) is 5.75 Å². The highest BCUT2D eigenvalue weighted by molar-refractivity contribution is 5.32. The highest BCUT2D eigenvalue weighted by atomic mass is 19.3. The number of benzene rings is 1. The minimum absolute atomic E-state index is 0.106. The summed E-state index contributed by atoms with van der Waals surface area (Å²) >= 11 is 0. The number of rotatable bonds is 2. The summed E-state index contributed by atoms with van der Waals surface area (Å²) in [5.74, 6) is -3.18. The third-order valence-electron chi connectivity index (χ3n) is 3.05. The minimum atomic E-state index is -2.60. The molecular weight excluding hydrogens is 217 g/mol. The molecule has 1 aromatic rings. The zero-order valence-corrected chi connectivity index (χ0v) is 8.97. The standard InChI is InChI=1S/C12H13F3O/c1-16-11-3-2-8(6-10(11)13)9-4-5-12(14,15)7-9/h2-3,6,9H,4-5,7H2,1H3. The fraction of sp³-hybridized carbons (Fsp3) is 0.500. The summed E-state index contributed by atoms with van der Waals surface area (Å²) in [4.78, 5) is 0. The Morgan fingerprint density at radius 3 is 2.62 bits per heavy atom. The zero-order chi connectivity index (χ0) is 11.8. The zero-order valence-electron chi connectivity index (χ0n) is 8.97. The van der Waals surface area contributed by atoms with E-state index < -0.39 is 11.7 Å². The molecule has 1 atom stereocenters. The Hall–Kier alpha value is -1.19. The van der Waals surface area contributed by atoms with Gasteiger partial charge in [-0.3, -0.25) is 0 Å². The monoisotopic (exact) mass is 230 g/mol. The van der Waals surface area contributed by atoms with Crippen LogP contribution in [0.25, 0.3) is 0 Å². The lowest BCUT2D eigenvalue weighted by Gasteiger charge is -2.12. The summed E-state index contributed by atoms with van der Waals surface area (Å²) in [6, 6.07) is 4.44.